The molecule has 11 heavy (non-hydrogen) atoms. The van der Waals surface area contributed by atoms with Gasteiger partial charge in [-0.05, 0) is 6.92 Å². The quantitative estimate of drug-likeness (QED) is 0.583. The van der Waals surface area contributed by atoms with Crippen LogP contribution in [0.1, 0.15) is 6.92 Å². The minimum absolute atomic E-state index is 0.0444. The third kappa shape index (κ3) is 2.42. The Morgan fingerprint density at radius 2 is 2.09 bits per heavy atom. The molecule has 58 valence electrons. The molecule has 1 aromatic heterocycles. The first-order valence-corrected chi connectivity index (χ1v) is 3.49. The van der Waals surface area contributed by atoms with E-state index in [2.05, 4.69) is 6.58 Å². The van der Waals surface area contributed by atoms with E-state index in [-0.39, 0.29) is 5.43 Å². The molecule has 1 rings (SSSR count). The summed E-state index contributed by atoms with van der Waals surface area (Å²) in [6, 6.07) is 3.09. The van der Waals surface area contributed by atoms with Crippen LogP contribution in [0.15, 0.2) is 41.5 Å². The first kappa shape index (κ1) is 7.79. The molecule has 0 radical (unpaired) electrons. The Labute approximate surface area is 65.8 Å². The Morgan fingerprint density at radius 1 is 1.55 bits per heavy atom. The molecule has 2 nitrogen and oxygen atoms in total. The van der Waals surface area contributed by atoms with Crippen molar-refractivity contribution in [3.63, 3.8) is 0 Å². The van der Waals surface area contributed by atoms with Gasteiger partial charge in [-0.15, -0.1) is 0 Å². The van der Waals surface area contributed by atoms with E-state index in [9.17, 15) is 4.79 Å². The first-order valence-electron chi connectivity index (χ1n) is 3.49. The molecular formula is C9H11NO. The summed E-state index contributed by atoms with van der Waals surface area (Å²) in [5.41, 5.74) is 1.12. The van der Waals surface area contributed by atoms with E-state index < -0.39 is 0 Å². The SMILES string of the molecule is C=C(C)Cn1ccc(=O)cc1. The van der Waals surface area contributed by atoms with E-state index >= 15 is 0 Å². The van der Waals surface area contributed by atoms with E-state index in [0.29, 0.717) is 0 Å². The maximum atomic E-state index is 10.7. The van der Waals surface area contributed by atoms with Gasteiger partial charge >= 0.3 is 0 Å². The standard InChI is InChI=1S/C9H11NO/c1-8(2)7-10-5-3-9(11)4-6-10/h3-6H,1,7H2,2H3. The van der Waals surface area contributed by atoms with Crippen molar-refractivity contribution >= 4 is 0 Å². The zero-order chi connectivity index (χ0) is 8.27. The van der Waals surface area contributed by atoms with E-state index in [4.69, 9.17) is 0 Å². The molecule has 0 unspecified atom stereocenters. The summed E-state index contributed by atoms with van der Waals surface area (Å²) in [7, 11) is 0. The van der Waals surface area contributed by atoms with Crippen molar-refractivity contribution in [1.82, 2.24) is 4.57 Å². The van der Waals surface area contributed by atoms with Crippen molar-refractivity contribution in [2.45, 2.75) is 13.5 Å². The van der Waals surface area contributed by atoms with Crippen LogP contribution in [-0.2, 0) is 6.54 Å². The van der Waals surface area contributed by atoms with Crippen molar-refractivity contribution in [3.05, 3.63) is 46.9 Å². The molecular weight excluding hydrogens is 138 g/mol. The number of hydrogen-bond donors (Lipinski definition) is 0. The van der Waals surface area contributed by atoms with Crippen molar-refractivity contribution in [2.75, 3.05) is 0 Å². The maximum absolute atomic E-state index is 10.7. The topological polar surface area (TPSA) is 22.0 Å². The van der Waals surface area contributed by atoms with Gasteiger partial charge in [0, 0.05) is 31.1 Å². The molecule has 0 aromatic carbocycles. The number of allylic oxidation sites excluding steroid dienone is 1. The molecule has 0 fully saturated rings. The average molecular weight is 149 g/mol. The van der Waals surface area contributed by atoms with Gasteiger partial charge < -0.3 is 4.57 Å². The minimum atomic E-state index is 0.0444. The van der Waals surface area contributed by atoms with Crippen LogP contribution in [0.4, 0.5) is 0 Å². The van der Waals surface area contributed by atoms with Crippen molar-refractivity contribution < 1.29 is 0 Å². The molecule has 0 amide bonds. The zero-order valence-electron chi connectivity index (χ0n) is 6.58. The molecule has 0 spiro atoms. The fourth-order valence-corrected chi connectivity index (χ4v) is 0.861. The van der Waals surface area contributed by atoms with Crippen LogP contribution in [0.5, 0.6) is 0 Å². The molecule has 0 aliphatic carbocycles. The summed E-state index contributed by atoms with van der Waals surface area (Å²) in [4.78, 5) is 10.7. The van der Waals surface area contributed by atoms with Gasteiger partial charge in [0.15, 0.2) is 5.43 Å². The summed E-state index contributed by atoms with van der Waals surface area (Å²) < 4.78 is 1.92. The predicted molar refractivity (Wildman–Crippen MR) is 45.5 cm³/mol. The van der Waals surface area contributed by atoms with Crippen LogP contribution < -0.4 is 5.43 Å². The molecule has 2 heteroatoms. The summed E-state index contributed by atoms with van der Waals surface area (Å²) in [5, 5.41) is 0. The summed E-state index contributed by atoms with van der Waals surface area (Å²) in [6.45, 7) is 6.51. The lowest BCUT2D eigenvalue weighted by atomic mass is 10.3. The summed E-state index contributed by atoms with van der Waals surface area (Å²) in [6.07, 6.45) is 3.52. The lowest BCUT2D eigenvalue weighted by molar-refractivity contribution is 0.777. The highest BCUT2D eigenvalue weighted by Crippen LogP contribution is 1.92. The fourth-order valence-electron chi connectivity index (χ4n) is 0.861. The summed E-state index contributed by atoms with van der Waals surface area (Å²) in [5.74, 6) is 0. The largest absolute Gasteiger partial charge is 0.350 e. The molecule has 1 aromatic rings. The van der Waals surface area contributed by atoms with Crippen molar-refractivity contribution in [1.29, 1.82) is 0 Å². The molecule has 0 aliphatic heterocycles. The lowest BCUT2D eigenvalue weighted by Crippen LogP contribution is -2.03. The second-order valence-corrected chi connectivity index (χ2v) is 2.66. The van der Waals surface area contributed by atoms with E-state index in [1.54, 1.807) is 24.5 Å². The van der Waals surface area contributed by atoms with Crippen LogP contribution in [0.2, 0.25) is 0 Å². The molecule has 0 bridgehead atoms. The molecule has 0 saturated carbocycles. The predicted octanol–water partition coefficient (Wildman–Crippen LogP) is 1.42. The Morgan fingerprint density at radius 3 is 2.55 bits per heavy atom. The van der Waals surface area contributed by atoms with Gasteiger partial charge in [-0.1, -0.05) is 12.2 Å². The van der Waals surface area contributed by atoms with Gasteiger partial charge in [-0.25, -0.2) is 0 Å². The fraction of sp³-hybridized carbons (Fsp3) is 0.222. The second-order valence-electron chi connectivity index (χ2n) is 2.66. The van der Waals surface area contributed by atoms with Crippen LogP contribution in [0, 0.1) is 0 Å². The first-order chi connectivity index (χ1) is 5.18. The monoisotopic (exact) mass is 149 g/mol. The number of aromatic nitrogens is 1. The highest BCUT2D eigenvalue weighted by Gasteiger charge is 1.87. The molecule has 0 saturated heterocycles. The molecule has 0 N–H and O–H groups in total. The molecule has 0 atom stereocenters. The Balaban J connectivity index is 2.82. The van der Waals surface area contributed by atoms with Gasteiger partial charge in [-0.2, -0.15) is 0 Å². The van der Waals surface area contributed by atoms with Crippen molar-refractivity contribution in [3.8, 4) is 0 Å². The number of pyridine rings is 1. The number of rotatable bonds is 2. The highest BCUT2D eigenvalue weighted by atomic mass is 16.1. The highest BCUT2D eigenvalue weighted by molar-refractivity contribution is 4.97. The third-order valence-corrected chi connectivity index (χ3v) is 1.31. The van der Waals surface area contributed by atoms with Crippen LogP contribution in [-0.4, -0.2) is 4.57 Å². The average Bonchev–Trinajstić information content (AvgIpc) is 1.93. The Hall–Kier alpha value is -1.31. The number of hydrogen-bond acceptors (Lipinski definition) is 1. The smallest absolute Gasteiger partial charge is 0.181 e. The maximum Gasteiger partial charge on any atom is 0.181 e. The van der Waals surface area contributed by atoms with Gasteiger partial charge in [0.05, 0.1) is 0 Å². The third-order valence-electron chi connectivity index (χ3n) is 1.31. The van der Waals surface area contributed by atoms with Crippen LogP contribution in [0.3, 0.4) is 0 Å². The molecule has 0 aliphatic rings. The van der Waals surface area contributed by atoms with E-state index in [1.165, 1.54) is 0 Å². The van der Waals surface area contributed by atoms with Gasteiger partial charge in [-0.3, -0.25) is 4.79 Å². The Kier molecular flexibility index (Phi) is 2.26. The normalized spacial score (nSPS) is 9.55. The van der Waals surface area contributed by atoms with Crippen LogP contribution >= 0.6 is 0 Å². The van der Waals surface area contributed by atoms with Crippen molar-refractivity contribution in [2.24, 2.45) is 0 Å². The van der Waals surface area contributed by atoms with Gasteiger partial charge in [0.2, 0.25) is 0 Å². The zero-order valence-corrected chi connectivity index (χ0v) is 6.58. The molecule has 1 heterocycles. The number of nitrogens with zero attached hydrogens (tertiary/aromatic N) is 1. The van der Waals surface area contributed by atoms with Gasteiger partial charge in [0.1, 0.15) is 0 Å². The summed E-state index contributed by atoms with van der Waals surface area (Å²) >= 11 is 0. The van der Waals surface area contributed by atoms with Crippen LogP contribution in [0.25, 0.3) is 0 Å². The van der Waals surface area contributed by atoms with E-state index in [1.807, 2.05) is 11.5 Å². The lowest BCUT2D eigenvalue weighted by Gasteiger charge is -2.03. The van der Waals surface area contributed by atoms with E-state index in [0.717, 1.165) is 12.1 Å². The second kappa shape index (κ2) is 3.19. The minimum Gasteiger partial charge on any atom is -0.350 e. The van der Waals surface area contributed by atoms with Gasteiger partial charge in [0.25, 0.3) is 0 Å². The Bertz CT molecular complexity index is 291.